The molecule has 8 nitrogen and oxygen atoms in total. The van der Waals surface area contributed by atoms with Gasteiger partial charge < -0.3 is 14.8 Å². The largest absolute Gasteiger partial charge is 0.484 e. The van der Waals surface area contributed by atoms with Crippen LogP contribution in [0.15, 0.2) is 77.7 Å². The van der Waals surface area contributed by atoms with E-state index >= 15 is 0 Å². The van der Waals surface area contributed by atoms with Gasteiger partial charge in [-0.15, -0.1) is 0 Å². The van der Waals surface area contributed by atoms with Crippen molar-refractivity contribution in [2.24, 2.45) is 0 Å². The molecule has 3 aromatic rings. The molecule has 0 aromatic heterocycles. The lowest BCUT2D eigenvalue weighted by Crippen LogP contribution is -2.20. The number of amides is 1. The molecule has 3 rings (SSSR count). The lowest BCUT2D eigenvalue weighted by atomic mass is 10.1. The number of sulfonamides is 1. The zero-order valence-electron chi connectivity index (χ0n) is 18.3. The minimum Gasteiger partial charge on any atom is -0.484 e. The first kappa shape index (κ1) is 24.7. The van der Waals surface area contributed by atoms with Crippen LogP contribution in [-0.4, -0.2) is 33.5 Å². The van der Waals surface area contributed by atoms with Gasteiger partial charge in [0.2, 0.25) is 0 Å². The highest BCUT2D eigenvalue weighted by Crippen LogP contribution is 2.20. The molecule has 2 N–H and O–H groups in total. The third kappa shape index (κ3) is 7.31. The summed E-state index contributed by atoms with van der Waals surface area (Å²) in [6, 6.07) is 17.2. The number of hydrogen-bond acceptors (Lipinski definition) is 6. The third-order valence-corrected chi connectivity index (χ3v) is 5.89. The minimum absolute atomic E-state index is 0.0171. The third-order valence-electron chi connectivity index (χ3n) is 4.49. The maximum absolute atomic E-state index is 13.0. The molecule has 0 heterocycles. The second-order valence-electron chi connectivity index (χ2n) is 7.10. The molecule has 0 saturated carbocycles. The summed E-state index contributed by atoms with van der Waals surface area (Å²) in [6.45, 7) is 1.77. The van der Waals surface area contributed by atoms with E-state index in [1.165, 1.54) is 36.4 Å². The summed E-state index contributed by atoms with van der Waals surface area (Å²) >= 11 is 0. The van der Waals surface area contributed by atoms with Gasteiger partial charge in [0.25, 0.3) is 15.9 Å². The number of hydrogen-bond donors (Lipinski definition) is 2. The molecule has 3 aromatic carbocycles. The highest BCUT2D eigenvalue weighted by Gasteiger charge is 2.14. The summed E-state index contributed by atoms with van der Waals surface area (Å²) in [5.41, 5.74) is 1.53. The van der Waals surface area contributed by atoms with Crippen molar-refractivity contribution in [3.05, 3.63) is 84.2 Å². The lowest BCUT2D eigenvalue weighted by molar-refractivity contribution is -0.142. The van der Waals surface area contributed by atoms with Crippen LogP contribution in [0.1, 0.15) is 12.5 Å². The Morgan fingerprint density at radius 2 is 1.50 bits per heavy atom. The molecule has 34 heavy (non-hydrogen) atoms. The van der Waals surface area contributed by atoms with E-state index in [0.717, 1.165) is 17.7 Å². The predicted molar refractivity (Wildman–Crippen MR) is 125 cm³/mol. The zero-order chi connectivity index (χ0) is 24.6. The first-order valence-electron chi connectivity index (χ1n) is 10.3. The van der Waals surface area contributed by atoms with Crippen molar-refractivity contribution < 1.29 is 31.9 Å². The fourth-order valence-corrected chi connectivity index (χ4v) is 3.94. The van der Waals surface area contributed by atoms with E-state index in [-0.39, 0.29) is 29.6 Å². The summed E-state index contributed by atoms with van der Waals surface area (Å²) < 4.78 is 50.5. The number of benzene rings is 3. The second kappa shape index (κ2) is 11.3. The van der Waals surface area contributed by atoms with Crippen molar-refractivity contribution in [3.63, 3.8) is 0 Å². The quantitative estimate of drug-likeness (QED) is 0.422. The SMILES string of the molecule is CCOC(=O)Cc1ccc(NC(=O)COc2ccc(S(=O)(=O)Nc3ccc(F)cc3)cc2)cc1. The normalized spacial score (nSPS) is 10.9. The Morgan fingerprint density at radius 3 is 2.12 bits per heavy atom. The van der Waals surface area contributed by atoms with Gasteiger partial charge in [0.1, 0.15) is 11.6 Å². The van der Waals surface area contributed by atoms with E-state index in [1.807, 2.05) is 0 Å². The Bertz CT molecular complexity index is 1230. The number of ether oxygens (including phenoxy) is 2. The Kier molecular flexibility index (Phi) is 8.20. The van der Waals surface area contributed by atoms with E-state index in [9.17, 15) is 22.4 Å². The van der Waals surface area contributed by atoms with E-state index < -0.39 is 21.7 Å². The molecular weight excluding hydrogens is 463 g/mol. The van der Waals surface area contributed by atoms with E-state index in [0.29, 0.717) is 18.0 Å². The number of carbonyl (C=O) groups is 2. The van der Waals surface area contributed by atoms with Crippen molar-refractivity contribution in [2.45, 2.75) is 18.2 Å². The lowest BCUT2D eigenvalue weighted by Gasteiger charge is -2.10. The van der Waals surface area contributed by atoms with E-state index in [2.05, 4.69) is 10.0 Å². The van der Waals surface area contributed by atoms with Crippen LogP contribution in [-0.2, 0) is 30.8 Å². The molecule has 0 aliphatic carbocycles. The van der Waals surface area contributed by atoms with Gasteiger partial charge in [-0.05, 0) is 73.2 Å². The van der Waals surface area contributed by atoms with Gasteiger partial charge in [0.05, 0.1) is 17.9 Å². The van der Waals surface area contributed by atoms with Gasteiger partial charge in [-0.2, -0.15) is 0 Å². The van der Waals surface area contributed by atoms with Crippen LogP contribution >= 0.6 is 0 Å². The van der Waals surface area contributed by atoms with Crippen LogP contribution in [0, 0.1) is 5.82 Å². The first-order valence-corrected chi connectivity index (χ1v) is 11.8. The zero-order valence-corrected chi connectivity index (χ0v) is 19.1. The van der Waals surface area contributed by atoms with Crippen LogP contribution in [0.2, 0.25) is 0 Å². The predicted octanol–water partition coefficient (Wildman–Crippen LogP) is 3.75. The Morgan fingerprint density at radius 1 is 0.882 bits per heavy atom. The molecule has 0 unspecified atom stereocenters. The van der Waals surface area contributed by atoms with Gasteiger partial charge in [0.15, 0.2) is 6.61 Å². The molecular formula is C24H23FN2O6S. The molecule has 10 heteroatoms. The van der Waals surface area contributed by atoms with Gasteiger partial charge in [0, 0.05) is 11.4 Å². The first-order chi connectivity index (χ1) is 16.2. The average molecular weight is 487 g/mol. The maximum atomic E-state index is 13.0. The molecule has 0 fully saturated rings. The van der Waals surface area contributed by atoms with Gasteiger partial charge in [-0.3, -0.25) is 14.3 Å². The molecule has 0 bridgehead atoms. The van der Waals surface area contributed by atoms with E-state index in [1.54, 1.807) is 31.2 Å². The highest BCUT2D eigenvalue weighted by molar-refractivity contribution is 7.92. The molecule has 0 spiro atoms. The number of anilines is 2. The number of carbonyl (C=O) groups excluding carboxylic acids is 2. The highest BCUT2D eigenvalue weighted by atomic mass is 32.2. The number of esters is 1. The number of nitrogens with one attached hydrogen (secondary N) is 2. The summed E-state index contributed by atoms with van der Waals surface area (Å²) in [7, 11) is -3.87. The maximum Gasteiger partial charge on any atom is 0.310 e. The van der Waals surface area contributed by atoms with E-state index in [4.69, 9.17) is 9.47 Å². The van der Waals surface area contributed by atoms with Crippen molar-refractivity contribution in [1.29, 1.82) is 0 Å². The molecule has 0 saturated heterocycles. The van der Waals surface area contributed by atoms with Gasteiger partial charge in [-0.1, -0.05) is 12.1 Å². The van der Waals surface area contributed by atoms with Crippen LogP contribution < -0.4 is 14.8 Å². The van der Waals surface area contributed by atoms with Crippen LogP contribution in [0.4, 0.5) is 15.8 Å². The monoisotopic (exact) mass is 486 g/mol. The molecule has 0 aliphatic heterocycles. The summed E-state index contributed by atoms with van der Waals surface area (Å²) in [5, 5.41) is 2.67. The standard InChI is InChI=1S/C24H23FN2O6S/c1-2-32-24(29)15-17-3-7-19(8-4-17)26-23(28)16-33-21-11-13-22(14-12-21)34(30,31)27-20-9-5-18(25)6-10-20/h3-14,27H,2,15-16H2,1H3,(H,26,28). The van der Waals surface area contributed by atoms with Crippen molar-refractivity contribution in [3.8, 4) is 5.75 Å². The Balaban J connectivity index is 1.50. The fourth-order valence-electron chi connectivity index (χ4n) is 2.88. The summed E-state index contributed by atoms with van der Waals surface area (Å²) in [5.74, 6) is -0.897. The van der Waals surface area contributed by atoms with Crippen molar-refractivity contribution >= 4 is 33.3 Å². The van der Waals surface area contributed by atoms with Crippen LogP contribution in [0.25, 0.3) is 0 Å². The Labute approximate surface area is 196 Å². The molecule has 0 atom stereocenters. The molecule has 0 aliphatic rings. The van der Waals surface area contributed by atoms with Crippen LogP contribution in [0.5, 0.6) is 5.75 Å². The summed E-state index contributed by atoms with van der Waals surface area (Å²) in [4.78, 5) is 23.6. The smallest absolute Gasteiger partial charge is 0.310 e. The fraction of sp³-hybridized carbons (Fsp3) is 0.167. The number of halogens is 1. The van der Waals surface area contributed by atoms with Crippen molar-refractivity contribution in [1.82, 2.24) is 0 Å². The molecule has 1 amide bonds. The van der Waals surface area contributed by atoms with Gasteiger partial charge in [-0.25, -0.2) is 12.8 Å². The molecule has 0 radical (unpaired) electrons. The number of rotatable bonds is 10. The topological polar surface area (TPSA) is 111 Å². The van der Waals surface area contributed by atoms with Gasteiger partial charge >= 0.3 is 5.97 Å². The average Bonchev–Trinajstić information content (AvgIpc) is 2.81. The van der Waals surface area contributed by atoms with Crippen molar-refractivity contribution in [2.75, 3.05) is 23.3 Å². The van der Waals surface area contributed by atoms with Crippen LogP contribution in [0.3, 0.4) is 0 Å². The Hall–Kier alpha value is -3.92. The minimum atomic E-state index is -3.87. The second-order valence-corrected chi connectivity index (χ2v) is 8.78. The summed E-state index contributed by atoms with van der Waals surface area (Å²) in [6.07, 6.45) is 0.149. The molecule has 178 valence electrons.